The summed E-state index contributed by atoms with van der Waals surface area (Å²) in [5.41, 5.74) is 3.48. The van der Waals surface area contributed by atoms with Gasteiger partial charge in [0.2, 0.25) is 0 Å². The lowest BCUT2D eigenvalue weighted by Crippen LogP contribution is -2.43. The molecule has 98 valence electrons. The van der Waals surface area contributed by atoms with Gasteiger partial charge in [-0.3, -0.25) is 10.9 Å². The molecule has 0 aromatic rings. The average molecular weight is 234 g/mol. The van der Waals surface area contributed by atoms with Crippen LogP contribution in [0.25, 0.3) is 0 Å². The van der Waals surface area contributed by atoms with Crippen molar-refractivity contribution >= 4 is 6.03 Å². The minimum atomic E-state index is -0.602. The number of rotatable bonds is 7. The van der Waals surface area contributed by atoms with Gasteiger partial charge in [0.1, 0.15) is 0 Å². The molecule has 0 heterocycles. The first-order valence-corrected chi connectivity index (χ1v) is 5.61. The van der Waals surface area contributed by atoms with Crippen molar-refractivity contribution in [3.8, 4) is 0 Å². The van der Waals surface area contributed by atoms with E-state index in [1.54, 1.807) is 10.9 Å². The molecule has 8 N–H and O–H groups in total. The molecule has 0 unspecified atom stereocenters. The van der Waals surface area contributed by atoms with E-state index in [-0.39, 0.29) is 0 Å². The maximum Gasteiger partial charge on any atom is 0.343 e. The van der Waals surface area contributed by atoms with Crippen molar-refractivity contribution in [2.45, 2.75) is 26.7 Å². The molecule has 0 spiro atoms. The molecule has 0 rings (SSSR count). The maximum absolute atomic E-state index is 9.71. The van der Waals surface area contributed by atoms with Crippen molar-refractivity contribution < 1.29 is 4.79 Å². The highest BCUT2D eigenvalue weighted by Crippen LogP contribution is 1.70. The molecule has 0 saturated carbocycles. The first-order chi connectivity index (χ1) is 7.72. The number of urea groups is 1. The Hall–Kier alpha value is -0.890. The van der Waals surface area contributed by atoms with Gasteiger partial charge < -0.3 is 10.6 Å². The van der Waals surface area contributed by atoms with Crippen LogP contribution in [0.3, 0.4) is 0 Å². The largest absolute Gasteiger partial charge is 0.343 e. The molecule has 7 heteroatoms. The molecule has 0 bridgehead atoms. The van der Waals surface area contributed by atoms with Crippen LogP contribution in [0.2, 0.25) is 0 Å². The van der Waals surface area contributed by atoms with Crippen molar-refractivity contribution in [2.24, 2.45) is 11.7 Å². The Morgan fingerprint density at radius 1 is 0.875 bits per heavy atom. The van der Waals surface area contributed by atoms with Gasteiger partial charge in [-0.15, -0.1) is 0 Å². The number of nitrogens with one attached hydrogen (secondary N) is 4. The minimum absolute atomic E-state index is 0.602. The summed E-state index contributed by atoms with van der Waals surface area (Å²) in [5.74, 6) is 9.08. The van der Waals surface area contributed by atoms with Crippen molar-refractivity contribution in [2.75, 3.05) is 26.2 Å². The van der Waals surface area contributed by atoms with Gasteiger partial charge in [0.05, 0.1) is 0 Å². The molecule has 0 saturated heterocycles. The number of hydrogen-bond donors (Lipinski definition) is 6. The van der Waals surface area contributed by atoms with Crippen molar-refractivity contribution in [3.63, 3.8) is 0 Å². The zero-order valence-electron chi connectivity index (χ0n) is 10.3. The summed E-state index contributed by atoms with van der Waals surface area (Å²) < 4.78 is 0. The Morgan fingerprint density at radius 2 is 1.25 bits per heavy atom. The van der Waals surface area contributed by atoms with Crippen LogP contribution in [-0.4, -0.2) is 32.2 Å². The third-order valence-corrected chi connectivity index (χ3v) is 1.59. The fourth-order valence-electron chi connectivity index (χ4n) is 0.822. The number of hydrogen-bond acceptors (Lipinski definition) is 5. The number of hydrazine groups is 2. The van der Waals surface area contributed by atoms with Crippen LogP contribution in [-0.2, 0) is 0 Å². The smallest absolute Gasteiger partial charge is 0.315 e. The summed E-state index contributed by atoms with van der Waals surface area (Å²) in [5, 5.41) is 6.66. The Balaban J connectivity index is 0. The van der Waals surface area contributed by atoms with Gasteiger partial charge in [0.15, 0.2) is 0 Å². The molecule has 0 fully saturated rings. The first kappa shape index (κ1) is 17.5. The Labute approximate surface area is 97.6 Å². The zero-order chi connectivity index (χ0) is 12.6. The average Bonchev–Trinajstić information content (AvgIpc) is 2.33. The molecule has 0 aliphatic heterocycles. The summed E-state index contributed by atoms with van der Waals surface area (Å²) >= 11 is 0. The van der Waals surface area contributed by atoms with E-state index < -0.39 is 6.03 Å². The molecule has 0 aliphatic rings. The third kappa shape index (κ3) is 18.8. The van der Waals surface area contributed by atoms with Crippen LogP contribution in [0.4, 0.5) is 4.79 Å². The molecule has 0 aliphatic carbocycles. The SMILES string of the molecule is CCCNCCNCCC.NNC(=O)NN. The van der Waals surface area contributed by atoms with Gasteiger partial charge in [0.25, 0.3) is 0 Å². The monoisotopic (exact) mass is 234 g/mol. The molecule has 16 heavy (non-hydrogen) atoms. The number of amides is 2. The molecule has 7 nitrogen and oxygen atoms in total. The van der Waals surface area contributed by atoms with E-state index in [0.29, 0.717) is 0 Å². The van der Waals surface area contributed by atoms with E-state index in [0.717, 1.165) is 26.2 Å². The second-order valence-corrected chi connectivity index (χ2v) is 3.12. The third-order valence-electron chi connectivity index (χ3n) is 1.59. The van der Waals surface area contributed by atoms with E-state index in [1.807, 2.05) is 0 Å². The number of carbonyl (C=O) groups is 1. The van der Waals surface area contributed by atoms with Gasteiger partial charge in [0, 0.05) is 13.1 Å². The van der Waals surface area contributed by atoms with Crippen molar-refractivity contribution in [1.29, 1.82) is 0 Å². The normalized spacial score (nSPS) is 9.00. The minimum Gasteiger partial charge on any atom is -0.315 e. The van der Waals surface area contributed by atoms with Crippen LogP contribution >= 0.6 is 0 Å². The zero-order valence-corrected chi connectivity index (χ0v) is 10.3. The van der Waals surface area contributed by atoms with Gasteiger partial charge in [-0.25, -0.2) is 16.5 Å². The summed E-state index contributed by atoms with van der Waals surface area (Å²) in [6, 6.07) is -0.602. The van der Waals surface area contributed by atoms with Crippen LogP contribution in [0, 0.1) is 0 Å². The van der Waals surface area contributed by atoms with Crippen molar-refractivity contribution in [3.05, 3.63) is 0 Å². The summed E-state index contributed by atoms with van der Waals surface area (Å²) in [6.45, 7) is 8.88. The van der Waals surface area contributed by atoms with Gasteiger partial charge in [-0.05, 0) is 25.9 Å². The van der Waals surface area contributed by atoms with E-state index in [9.17, 15) is 4.79 Å². The lowest BCUT2D eigenvalue weighted by Gasteiger charge is -2.03. The molecule has 2 amide bonds. The number of nitrogens with two attached hydrogens (primary N) is 2. The molecule has 0 aromatic carbocycles. The van der Waals surface area contributed by atoms with Crippen LogP contribution in [0.15, 0.2) is 0 Å². The Bertz CT molecular complexity index is 130. The predicted molar refractivity (Wildman–Crippen MR) is 66.4 cm³/mol. The molecular formula is C9H26N6O. The molecule has 0 radical (unpaired) electrons. The van der Waals surface area contributed by atoms with Crippen molar-refractivity contribution in [1.82, 2.24) is 21.5 Å². The van der Waals surface area contributed by atoms with Gasteiger partial charge >= 0.3 is 6.03 Å². The molecule has 0 atom stereocenters. The fraction of sp³-hybridized carbons (Fsp3) is 0.889. The van der Waals surface area contributed by atoms with E-state index >= 15 is 0 Å². The lowest BCUT2D eigenvalue weighted by molar-refractivity contribution is 0.241. The summed E-state index contributed by atoms with van der Waals surface area (Å²) in [6.07, 6.45) is 2.46. The second-order valence-electron chi connectivity index (χ2n) is 3.12. The summed E-state index contributed by atoms with van der Waals surface area (Å²) in [7, 11) is 0. The lowest BCUT2D eigenvalue weighted by atomic mass is 10.4. The summed E-state index contributed by atoms with van der Waals surface area (Å²) in [4.78, 5) is 9.71. The Morgan fingerprint density at radius 3 is 1.44 bits per heavy atom. The molecule has 0 aromatic heterocycles. The second kappa shape index (κ2) is 16.5. The topological polar surface area (TPSA) is 117 Å². The van der Waals surface area contributed by atoms with E-state index in [2.05, 4.69) is 36.2 Å². The highest BCUT2D eigenvalue weighted by atomic mass is 16.2. The standard InChI is InChI=1S/C8H20N2.CH6N4O/c1-3-5-9-7-8-10-6-4-2;2-4-1(6)5-3/h9-10H,3-8H2,1-2H3;2-3H2,(H2,4,5,6). The maximum atomic E-state index is 9.71. The fourth-order valence-corrected chi connectivity index (χ4v) is 0.822. The first-order valence-electron chi connectivity index (χ1n) is 5.61. The van der Waals surface area contributed by atoms with Gasteiger partial charge in [-0.2, -0.15) is 0 Å². The highest BCUT2D eigenvalue weighted by Gasteiger charge is 1.84. The van der Waals surface area contributed by atoms with E-state index in [1.165, 1.54) is 12.8 Å². The van der Waals surface area contributed by atoms with E-state index in [4.69, 9.17) is 0 Å². The van der Waals surface area contributed by atoms with Gasteiger partial charge in [-0.1, -0.05) is 13.8 Å². The molecular weight excluding hydrogens is 208 g/mol. The Kier molecular flexibility index (Phi) is 18.1. The van der Waals surface area contributed by atoms with Crippen LogP contribution in [0.5, 0.6) is 0 Å². The van der Waals surface area contributed by atoms with Crippen LogP contribution in [0.1, 0.15) is 26.7 Å². The number of carbonyl (C=O) groups excluding carboxylic acids is 1. The predicted octanol–water partition coefficient (Wildman–Crippen LogP) is -0.981. The quantitative estimate of drug-likeness (QED) is 0.146. The highest BCUT2D eigenvalue weighted by molar-refractivity contribution is 5.72. The van der Waals surface area contributed by atoms with Crippen LogP contribution < -0.4 is 33.2 Å².